The number of hydrogen-bond acceptors (Lipinski definition) is 4. The van der Waals surface area contributed by atoms with Crippen LogP contribution in [0.1, 0.15) is 13.3 Å². The molecule has 0 heterocycles. The molecule has 5 heteroatoms. The van der Waals surface area contributed by atoms with Gasteiger partial charge in [0, 0.05) is 25.4 Å². The molecule has 0 aromatic heterocycles. The van der Waals surface area contributed by atoms with Gasteiger partial charge in [0.15, 0.2) is 9.84 Å². The highest BCUT2D eigenvalue weighted by Crippen LogP contribution is 1.94. The van der Waals surface area contributed by atoms with E-state index in [0.717, 1.165) is 6.54 Å². The van der Waals surface area contributed by atoms with Crippen molar-refractivity contribution in [3.8, 4) is 0 Å². The Bertz CT molecular complexity index is 214. The second kappa shape index (κ2) is 6.34. The second-order valence-electron chi connectivity index (χ2n) is 3.24. The van der Waals surface area contributed by atoms with Crippen LogP contribution in [0.25, 0.3) is 0 Å². The molecule has 0 fully saturated rings. The predicted octanol–water partition coefficient (Wildman–Crippen LogP) is -0.298. The van der Waals surface area contributed by atoms with E-state index < -0.39 is 9.84 Å². The first kappa shape index (κ1) is 12.9. The van der Waals surface area contributed by atoms with Crippen LogP contribution in [0.3, 0.4) is 0 Å². The van der Waals surface area contributed by atoms with Crippen LogP contribution in [-0.2, 0) is 9.84 Å². The molecule has 4 nitrogen and oxygen atoms in total. The van der Waals surface area contributed by atoms with Crippen LogP contribution in [0, 0.1) is 0 Å². The zero-order chi connectivity index (χ0) is 10.3. The Kier molecular flexibility index (Phi) is 6.28. The Labute approximate surface area is 81.0 Å². The van der Waals surface area contributed by atoms with Gasteiger partial charge in [0.1, 0.15) is 0 Å². The summed E-state index contributed by atoms with van der Waals surface area (Å²) in [5.74, 6) is 0.542. The van der Waals surface area contributed by atoms with E-state index in [9.17, 15) is 8.42 Å². The van der Waals surface area contributed by atoms with E-state index in [1.54, 1.807) is 0 Å². The van der Waals surface area contributed by atoms with E-state index in [2.05, 4.69) is 0 Å². The molecule has 0 atom stereocenters. The van der Waals surface area contributed by atoms with Gasteiger partial charge in [-0.2, -0.15) is 0 Å². The lowest BCUT2D eigenvalue weighted by molar-refractivity contribution is 0.363. The quantitative estimate of drug-likeness (QED) is 0.624. The van der Waals surface area contributed by atoms with Gasteiger partial charge in [0.05, 0.1) is 5.75 Å². The van der Waals surface area contributed by atoms with Gasteiger partial charge < -0.3 is 10.6 Å². The van der Waals surface area contributed by atoms with Gasteiger partial charge in [0.2, 0.25) is 0 Å². The van der Waals surface area contributed by atoms with Crippen molar-refractivity contribution in [2.24, 2.45) is 5.73 Å². The summed E-state index contributed by atoms with van der Waals surface area (Å²) in [6.07, 6.45) is 0.697. The van der Waals surface area contributed by atoms with Gasteiger partial charge >= 0.3 is 0 Å². The van der Waals surface area contributed by atoms with Crippen LogP contribution in [-0.4, -0.2) is 51.5 Å². The van der Waals surface area contributed by atoms with Gasteiger partial charge in [-0.3, -0.25) is 0 Å². The average Bonchev–Trinajstić information content (AvgIpc) is 2.02. The largest absolute Gasteiger partial charge is 0.329 e. The lowest BCUT2D eigenvalue weighted by Crippen LogP contribution is -2.30. The molecular weight excluding hydrogens is 188 g/mol. The molecular formula is C8H20N2O2S. The van der Waals surface area contributed by atoms with Crippen molar-refractivity contribution in [1.82, 2.24) is 4.90 Å². The number of rotatable bonds is 7. The van der Waals surface area contributed by atoms with Gasteiger partial charge in [0.25, 0.3) is 0 Å². The van der Waals surface area contributed by atoms with Crippen molar-refractivity contribution in [3.05, 3.63) is 0 Å². The van der Waals surface area contributed by atoms with E-state index >= 15 is 0 Å². The summed E-state index contributed by atoms with van der Waals surface area (Å²) in [4.78, 5) is 1.94. The molecule has 80 valence electrons. The standard InChI is InChI=1S/C8H20N2O2S/c1-3-7-13(11,12)8-6-10(2)5-4-9/h3-9H2,1-2H3. The lowest BCUT2D eigenvalue weighted by Gasteiger charge is -2.14. The van der Waals surface area contributed by atoms with E-state index in [4.69, 9.17) is 5.73 Å². The van der Waals surface area contributed by atoms with Crippen LogP contribution >= 0.6 is 0 Å². The Hall–Kier alpha value is -0.130. The van der Waals surface area contributed by atoms with Gasteiger partial charge in [-0.1, -0.05) is 6.92 Å². The molecule has 0 aromatic rings. The second-order valence-corrected chi connectivity index (χ2v) is 5.55. The molecule has 0 unspecified atom stereocenters. The predicted molar refractivity (Wildman–Crippen MR) is 55.5 cm³/mol. The average molecular weight is 208 g/mol. The number of likely N-dealkylation sites (N-methyl/N-ethyl adjacent to an activating group) is 1. The minimum Gasteiger partial charge on any atom is -0.329 e. The molecule has 0 saturated heterocycles. The van der Waals surface area contributed by atoms with E-state index in [-0.39, 0.29) is 5.75 Å². The van der Waals surface area contributed by atoms with E-state index in [1.165, 1.54) is 0 Å². The molecule has 0 aliphatic rings. The minimum atomic E-state index is -2.83. The fourth-order valence-corrected chi connectivity index (χ4v) is 2.46. The first-order valence-electron chi connectivity index (χ1n) is 4.61. The molecule has 0 saturated carbocycles. The molecule has 0 bridgehead atoms. The summed E-state index contributed by atoms with van der Waals surface area (Å²) >= 11 is 0. The van der Waals surface area contributed by atoms with Crippen LogP contribution in [0.4, 0.5) is 0 Å². The zero-order valence-corrected chi connectivity index (χ0v) is 9.31. The van der Waals surface area contributed by atoms with Crippen molar-refractivity contribution >= 4 is 9.84 Å². The Balaban J connectivity index is 3.74. The third-order valence-corrected chi connectivity index (χ3v) is 3.64. The zero-order valence-electron chi connectivity index (χ0n) is 8.49. The minimum absolute atomic E-state index is 0.247. The number of nitrogens with two attached hydrogens (primary N) is 1. The molecule has 2 N–H and O–H groups in total. The molecule has 13 heavy (non-hydrogen) atoms. The summed E-state index contributed by atoms with van der Waals surface area (Å²) in [7, 11) is -0.944. The summed E-state index contributed by atoms with van der Waals surface area (Å²) in [6.45, 7) is 3.78. The topological polar surface area (TPSA) is 63.4 Å². The van der Waals surface area contributed by atoms with Crippen molar-refractivity contribution in [3.63, 3.8) is 0 Å². The van der Waals surface area contributed by atoms with Crippen LogP contribution in [0.15, 0.2) is 0 Å². The van der Waals surface area contributed by atoms with Gasteiger partial charge in [-0.05, 0) is 13.5 Å². The molecule has 0 amide bonds. The fraction of sp³-hybridized carbons (Fsp3) is 1.00. The number of nitrogens with zero attached hydrogens (tertiary/aromatic N) is 1. The maximum absolute atomic E-state index is 11.3. The monoisotopic (exact) mass is 208 g/mol. The third kappa shape index (κ3) is 6.98. The summed E-state index contributed by atoms with van der Waals surface area (Å²) in [5.41, 5.74) is 5.34. The maximum atomic E-state index is 11.3. The maximum Gasteiger partial charge on any atom is 0.151 e. The molecule has 0 radical (unpaired) electrons. The van der Waals surface area contributed by atoms with Crippen LogP contribution in [0.2, 0.25) is 0 Å². The Morgan fingerprint density at radius 3 is 2.31 bits per heavy atom. The lowest BCUT2D eigenvalue weighted by atomic mass is 10.5. The third-order valence-electron chi connectivity index (χ3n) is 1.81. The highest BCUT2D eigenvalue weighted by atomic mass is 32.2. The molecule has 0 aliphatic heterocycles. The van der Waals surface area contributed by atoms with Crippen LogP contribution in [0.5, 0.6) is 0 Å². The summed E-state index contributed by atoms with van der Waals surface area (Å²) in [5, 5.41) is 0. The first-order chi connectivity index (χ1) is 6.02. The van der Waals surface area contributed by atoms with Crippen molar-refractivity contribution in [2.75, 3.05) is 38.2 Å². The van der Waals surface area contributed by atoms with Crippen molar-refractivity contribution < 1.29 is 8.42 Å². The van der Waals surface area contributed by atoms with Crippen LogP contribution < -0.4 is 5.73 Å². The summed E-state index contributed by atoms with van der Waals surface area (Å²) in [6, 6.07) is 0. The SMILES string of the molecule is CCCS(=O)(=O)CCN(C)CCN. The smallest absolute Gasteiger partial charge is 0.151 e. The van der Waals surface area contributed by atoms with Crippen molar-refractivity contribution in [1.29, 1.82) is 0 Å². The van der Waals surface area contributed by atoms with Gasteiger partial charge in [-0.15, -0.1) is 0 Å². The van der Waals surface area contributed by atoms with E-state index in [1.807, 2.05) is 18.9 Å². The Morgan fingerprint density at radius 1 is 1.23 bits per heavy atom. The molecule has 0 rings (SSSR count). The van der Waals surface area contributed by atoms with Crippen molar-refractivity contribution in [2.45, 2.75) is 13.3 Å². The fourth-order valence-electron chi connectivity index (χ4n) is 1.04. The highest BCUT2D eigenvalue weighted by Gasteiger charge is 2.09. The Morgan fingerprint density at radius 2 is 1.85 bits per heavy atom. The number of sulfone groups is 1. The normalized spacial score (nSPS) is 12.3. The first-order valence-corrected chi connectivity index (χ1v) is 6.43. The number of hydrogen-bond donors (Lipinski definition) is 1. The highest BCUT2D eigenvalue weighted by molar-refractivity contribution is 7.91. The molecule has 0 aromatic carbocycles. The molecule has 0 spiro atoms. The molecule has 0 aliphatic carbocycles. The van der Waals surface area contributed by atoms with Gasteiger partial charge in [-0.25, -0.2) is 8.42 Å². The van der Waals surface area contributed by atoms with E-state index in [0.29, 0.717) is 25.3 Å². The summed E-state index contributed by atoms with van der Waals surface area (Å²) < 4.78 is 22.6.